The van der Waals surface area contributed by atoms with Gasteiger partial charge in [0, 0.05) is 24.8 Å². The van der Waals surface area contributed by atoms with E-state index in [4.69, 9.17) is 4.74 Å². The number of likely N-dealkylation sites (tertiary alicyclic amines) is 1. The van der Waals surface area contributed by atoms with Crippen LogP contribution < -0.4 is 4.74 Å². The molecule has 0 bridgehead atoms. The van der Waals surface area contributed by atoms with Crippen molar-refractivity contribution in [2.75, 3.05) is 6.54 Å². The lowest BCUT2D eigenvalue weighted by Gasteiger charge is -2.16. The lowest BCUT2D eigenvalue weighted by molar-refractivity contribution is -0.128. The summed E-state index contributed by atoms with van der Waals surface area (Å²) in [6, 6.07) is 13.4. The molecule has 3 nitrogen and oxygen atoms in total. The number of carbonyl (C=O) groups excluding carboxylic acids is 1. The highest BCUT2D eigenvalue weighted by molar-refractivity contribution is 7.81. The van der Waals surface area contributed by atoms with Crippen molar-refractivity contribution < 1.29 is 13.9 Å². The summed E-state index contributed by atoms with van der Waals surface area (Å²) in [6.45, 7) is 1.28. The first kappa shape index (κ1) is 14.9. The highest BCUT2D eigenvalue weighted by atomic mass is 32.1. The molecule has 114 valence electrons. The molecule has 0 N–H and O–H groups in total. The van der Waals surface area contributed by atoms with Crippen molar-refractivity contribution in [1.82, 2.24) is 4.90 Å². The van der Waals surface area contributed by atoms with Crippen LogP contribution >= 0.6 is 12.6 Å². The van der Waals surface area contributed by atoms with Gasteiger partial charge in [0.25, 0.3) is 0 Å². The van der Waals surface area contributed by atoms with Crippen LogP contribution in [0.2, 0.25) is 0 Å². The molecule has 2 aromatic carbocycles. The Morgan fingerprint density at radius 2 is 1.68 bits per heavy atom. The standard InChI is InChI=1S/C17H16FNO2S/c18-13-3-7-15(8-4-13)21-14-5-1-12(2-6-14)10-19-11-16(22)9-17(19)20/h1-8,16,22H,9-11H2/t16-/m1/s1. The molecule has 1 aliphatic rings. The Morgan fingerprint density at radius 3 is 2.23 bits per heavy atom. The molecule has 5 heteroatoms. The van der Waals surface area contributed by atoms with Gasteiger partial charge in [0.15, 0.2) is 0 Å². The maximum absolute atomic E-state index is 12.8. The predicted octanol–water partition coefficient (Wildman–Crippen LogP) is 3.65. The maximum atomic E-state index is 12.8. The van der Waals surface area contributed by atoms with Crippen LogP contribution in [0.1, 0.15) is 12.0 Å². The van der Waals surface area contributed by atoms with Gasteiger partial charge in [0.2, 0.25) is 5.91 Å². The van der Waals surface area contributed by atoms with Gasteiger partial charge in [-0.1, -0.05) is 12.1 Å². The summed E-state index contributed by atoms with van der Waals surface area (Å²) in [5.74, 6) is 1.11. The minimum atomic E-state index is -0.291. The zero-order valence-corrected chi connectivity index (χ0v) is 12.8. The molecular weight excluding hydrogens is 301 g/mol. The van der Waals surface area contributed by atoms with Crippen LogP contribution in [0.4, 0.5) is 4.39 Å². The fourth-order valence-corrected chi connectivity index (χ4v) is 2.78. The number of ether oxygens (including phenoxy) is 1. The number of halogens is 1. The Morgan fingerprint density at radius 1 is 1.09 bits per heavy atom. The molecular formula is C17H16FNO2S. The highest BCUT2D eigenvalue weighted by Crippen LogP contribution is 2.23. The molecule has 1 atom stereocenters. The maximum Gasteiger partial charge on any atom is 0.224 e. The van der Waals surface area contributed by atoms with Crippen LogP contribution in [0, 0.1) is 5.82 Å². The van der Waals surface area contributed by atoms with Crippen LogP contribution in [0.3, 0.4) is 0 Å². The molecule has 2 aromatic rings. The molecule has 0 spiro atoms. The van der Waals surface area contributed by atoms with Gasteiger partial charge in [-0.05, 0) is 42.0 Å². The van der Waals surface area contributed by atoms with Crippen LogP contribution in [0.25, 0.3) is 0 Å². The predicted molar refractivity (Wildman–Crippen MR) is 85.7 cm³/mol. The number of nitrogens with zero attached hydrogens (tertiary/aromatic N) is 1. The molecule has 0 saturated carbocycles. The van der Waals surface area contributed by atoms with Gasteiger partial charge in [-0.2, -0.15) is 12.6 Å². The molecule has 0 aromatic heterocycles. The second kappa shape index (κ2) is 6.40. The van der Waals surface area contributed by atoms with Crippen LogP contribution in [-0.4, -0.2) is 22.6 Å². The van der Waals surface area contributed by atoms with E-state index in [2.05, 4.69) is 12.6 Å². The first-order valence-corrected chi connectivity index (χ1v) is 7.60. The van der Waals surface area contributed by atoms with Gasteiger partial charge in [-0.3, -0.25) is 4.79 Å². The van der Waals surface area contributed by atoms with Crippen LogP contribution in [-0.2, 0) is 11.3 Å². The summed E-state index contributed by atoms with van der Waals surface area (Å²) in [6.07, 6.45) is 0.509. The van der Waals surface area contributed by atoms with Crippen molar-refractivity contribution in [3.05, 3.63) is 59.9 Å². The van der Waals surface area contributed by atoms with Gasteiger partial charge in [-0.25, -0.2) is 4.39 Å². The zero-order valence-electron chi connectivity index (χ0n) is 11.9. The van der Waals surface area contributed by atoms with Crippen LogP contribution in [0.15, 0.2) is 48.5 Å². The van der Waals surface area contributed by atoms with Crippen molar-refractivity contribution in [3.63, 3.8) is 0 Å². The average molecular weight is 317 g/mol. The Hall–Kier alpha value is -2.01. The SMILES string of the molecule is O=C1C[C@@H](S)CN1Cc1ccc(Oc2ccc(F)cc2)cc1. The number of thiol groups is 1. The van der Waals surface area contributed by atoms with Crippen molar-refractivity contribution in [3.8, 4) is 11.5 Å². The first-order chi connectivity index (χ1) is 10.6. The molecule has 22 heavy (non-hydrogen) atoms. The lowest BCUT2D eigenvalue weighted by Crippen LogP contribution is -2.24. The van der Waals surface area contributed by atoms with Crippen molar-refractivity contribution in [1.29, 1.82) is 0 Å². The number of hydrogen-bond donors (Lipinski definition) is 1. The number of benzene rings is 2. The van der Waals surface area contributed by atoms with E-state index in [0.29, 0.717) is 31.0 Å². The molecule has 0 radical (unpaired) electrons. The summed E-state index contributed by atoms with van der Waals surface area (Å²) in [5.41, 5.74) is 1.04. The summed E-state index contributed by atoms with van der Waals surface area (Å²) >= 11 is 4.35. The Labute approximate surface area is 134 Å². The van der Waals surface area contributed by atoms with E-state index in [9.17, 15) is 9.18 Å². The van der Waals surface area contributed by atoms with E-state index in [0.717, 1.165) is 5.56 Å². The summed E-state index contributed by atoms with van der Waals surface area (Å²) in [7, 11) is 0. The van der Waals surface area contributed by atoms with E-state index in [-0.39, 0.29) is 17.0 Å². The fraction of sp³-hybridized carbons (Fsp3) is 0.235. The monoisotopic (exact) mass is 317 g/mol. The Balaban J connectivity index is 1.63. The van der Waals surface area contributed by atoms with Gasteiger partial charge in [-0.15, -0.1) is 0 Å². The van der Waals surface area contributed by atoms with E-state index in [1.54, 1.807) is 12.1 Å². The molecule has 1 saturated heterocycles. The Kier molecular flexibility index (Phi) is 4.34. The lowest BCUT2D eigenvalue weighted by atomic mass is 10.2. The summed E-state index contributed by atoms with van der Waals surface area (Å²) < 4.78 is 18.5. The number of hydrogen-bond acceptors (Lipinski definition) is 3. The fourth-order valence-electron chi connectivity index (χ4n) is 2.43. The molecule has 1 fully saturated rings. The first-order valence-electron chi connectivity index (χ1n) is 7.08. The largest absolute Gasteiger partial charge is 0.457 e. The van der Waals surface area contributed by atoms with Crippen molar-refractivity contribution in [2.45, 2.75) is 18.2 Å². The molecule has 1 amide bonds. The van der Waals surface area contributed by atoms with E-state index >= 15 is 0 Å². The summed E-state index contributed by atoms with van der Waals surface area (Å²) in [5, 5.41) is 0.133. The van der Waals surface area contributed by atoms with Gasteiger partial charge >= 0.3 is 0 Å². The minimum absolute atomic E-state index is 0.133. The minimum Gasteiger partial charge on any atom is -0.457 e. The third kappa shape index (κ3) is 3.60. The smallest absolute Gasteiger partial charge is 0.224 e. The quantitative estimate of drug-likeness (QED) is 0.872. The molecule has 3 rings (SSSR count). The van der Waals surface area contributed by atoms with Crippen molar-refractivity contribution >= 4 is 18.5 Å². The zero-order chi connectivity index (χ0) is 15.5. The molecule has 0 aliphatic carbocycles. The molecule has 1 heterocycles. The topological polar surface area (TPSA) is 29.5 Å². The molecule has 0 unspecified atom stereocenters. The van der Waals surface area contributed by atoms with Gasteiger partial charge in [0.1, 0.15) is 17.3 Å². The van der Waals surface area contributed by atoms with E-state index < -0.39 is 0 Å². The van der Waals surface area contributed by atoms with Crippen molar-refractivity contribution in [2.24, 2.45) is 0 Å². The third-order valence-electron chi connectivity index (χ3n) is 3.54. The number of amides is 1. The molecule has 1 aliphatic heterocycles. The van der Waals surface area contributed by atoms with E-state index in [1.165, 1.54) is 12.1 Å². The average Bonchev–Trinajstić information content (AvgIpc) is 2.81. The van der Waals surface area contributed by atoms with Gasteiger partial charge in [0.05, 0.1) is 0 Å². The van der Waals surface area contributed by atoms with Crippen LogP contribution in [0.5, 0.6) is 11.5 Å². The Bertz CT molecular complexity index is 657. The second-order valence-electron chi connectivity index (χ2n) is 5.33. The van der Waals surface area contributed by atoms with E-state index in [1.807, 2.05) is 29.2 Å². The number of rotatable bonds is 4. The second-order valence-corrected chi connectivity index (χ2v) is 6.06. The number of carbonyl (C=O) groups is 1. The summed E-state index contributed by atoms with van der Waals surface area (Å²) in [4.78, 5) is 13.6. The normalized spacial score (nSPS) is 17.8. The highest BCUT2D eigenvalue weighted by Gasteiger charge is 2.26. The van der Waals surface area contributed by atoms with Gasteiger partial charge < -0.3 is 9.64 Å². The third-order valence-corrected chi connectivity index (χ3v) is 3.89.